The lowest BCUT2D eigenvalue weighted by molar-refractivity contribution is -0.462. The number of rotatable bonds is 4. The first-order valence-electron chi connectivity index (χ1n) is 3.23. The van der Waals surface area contributed by atoms with Crippen molar-refractivity contribution >= 4 is 11.9 Å². The van der Waals surface area contributed by atoms with Crippen LogP contribution in [0.3, 0.4) is 0 Å². The highest BCUT2D eigenvalue weighted by atomic mass is 17.1. The fourth-order valence-electron chi connectivity index (χ4n) is 0.633. The Labute approximate surface area is 85.5 Å². The van der Waals surface area contributed by atoms with E-state index in [1.165, 1.54) is 0 Å². The fraction of sp³-hybridized carbons (Fsp3) is 0.500. The predicted molar refractivity (Wildman–Crippen MR) is 35.0 cm³/mol. The minimum absolute atomic E-state index is 1.55. The van der Waals surface area contributed by atoms with Gasteiger partial charge in [0.2, 0.25) is 0 Å². The monoisotopic (exact) mass is 245 g/mol. The minimum atomic E-state index is -4.36. The summed E-state index contributed by atoms with van der Waals surface area (Å²) in [5.41, 5.74) is -4.26. The molecule has 94 valence electrons. The lowest BCUT2D eigenvalue weighted by atomic mass is 10.0. The third-order valence-corrected chi connectivity index (χ3v) is 1.51. The van der Waals surface area contributed by atoms with Crippen molar-refractivity contribution in [1.29, 1.82) is 0 Å². The van der Waals surface area contributed by atoms with Crippen molar-refractivity contribution in [3.63, 3.8) is 0 Å². The first-order valence-corrected chi connectivity index (χ1v) is 3.23. The summed E-state index contributed by atoms with van der Waals surface area (Å²) in [6.07, 6.45) is 0. The standard InChI is InChI=1S/C4H7NO11/c6-1(15-13)3(8,5(11)12)4(9,10)2(7)16-14/h8-14H. The first-order chi connectivity index (χ1) is 7.16. The van der Waals surface area contributed by atoms with Gasteiger partial charge in [0.25, 0.3) is 0 Å². The van der Waals surface area contributed by atoms with E-state index < -0.39 is 28.7 Å². The molecular weight excluding hydrogens is 238 g/mol. The zero-order valence-corrected chi connectivity index (χ0v) is 7.21. The van der Waals surface area contributed by atoms with Gasteiger partial charge >= 0.3 is 23.5 Å². The number of nitrogens with zero attached hydrogens (tertiary/aromatic N) is 1. The number of carbonyl (C=O) groups excluding carboxylic acids is 2. The molecule has 0 aliphatic rings. The summed E-state index contributed by atoms with van der Waals surface area (Å²) >= 11 is 0. The van der Waals surface area contributed by atoms with Crippen molar-refractivity contribution in [2.24, 2.45) is 0 Å². The molecule has 12 heteroatoms. The van der Waals surface area contributed by atoms with Crippen LogP contribution in [0.4, 0.5) is 0 Å². The van der Waals surface area contributed by atoms with E-state index in [9.17, 15) is 9.59 Å². The van der Waals surface area contributed by atoms with Crippen LogP contribution in [0, 0.1) is 0 Å². The van der Waals surface area contributed by atoms with Gasteiger partial charge in [-0.3, -0.25) is 20.2 Å². The Bertz CT molecular complexity index is 286. The molecule has 0 aromatic rings. The Kier molecular flexibility index (Phi) is 4.24. The number of hydrogen-bond acceptors (Lipinski definition) is 12. The van der Waals surface area contributed by atoms with Gasteiger partial charge in [-0.05, 0) is 5.23 Å². The van der Waals surface area contributed by atoms with Gasteiger partial charge in [0.1, 0.15) is 0 Å². The summed E-state index contributed by atoms with van der Waals surface area (Å²) in [6.45, 7) is 0. The Morgan fingerprint density at radius 3 is 1.56 bits per heavy atom. The average molecular weight is 245 g/mol. The molecule has 0 aromatic heterocycles. The highest BCUT2D eigenvalue weighted by Gasteiger charge is 2.67. The Balaban J connectivity index is 5.52. The highest BCUT2D eigenvalue weighted by Crippen LogP contribution is 2.24. The summed E-state index contributed by atoms with van der Waals surface area (Å²) in [7, 11) is 0. The summed E-state index contributed by atoms with van der Waals surface area (Å²) in [6, 6.07) is 0. The normalized spacial score (nSPS) is 15.5. The summed E-state index contributed by atoms with van der Waals surface area (Å²) in [5.74, 6) is -9.29. The Hall–Kier alpha value is -1.38. The van der Waals surface area contributed by atoms with E-state index in [1.807, 2.05) is 0 Å². The molecule has 0 fully saturated rings. The van der Waals surface area contributed by atoms with Crippen LogP contribution in [0.25, 0.3) is 0 Å². The van der Waals surface area contributed by atoms with Crippen LogP contribution in [0.5, 0.6) is 0 Å². The molecule has 0 saturated heterocycles. The van der Waals surface area contributed by atoms with Crippen LogP contribution in [0.1, 0.15) is 0 Å². The molecule has 1 atom stereocenters. The van der Waals surface area contributed by atoms with E-state index in [1.54, 1.807) is 0 Å². The second-order valence-corrected chi connectivity index (χ2v) is 2.39. The highest BCUT2D eigenvalue weighted by molar-refractivity contribution is 5.89. The van der Waals surface area contributed by atoms with Crippen molar-refractivity contribution in [3.8, 4) is 0 Å². The van der Waals surface area contributed by atoms with Crippen LogP contribution < -0.4 is 0 Å². The fourth-order valence-corrected chi connectivity index (χ4v) is 0.633. The number of hydroxylamine groups is 2. The maximum atomic E-state index is 10.6. The van der Waals surface area contributed by atoms with E-state index in [0.717, 1.165) is 0 Å². The van der Waals surface area contributed by atoms with Crippen molar-refractivity contribution < 1.29 is 55.6 Å². The molecule has 16 heavy (non-hydrogen) atoms. The average Bonchev–Trinajstić information content (AvgIpc) is 2.24. The molecule has 12 nitrogen and oxygen atoms in total. The molecule has 7 N–H and O–H groups in total. The quantitative estimate of drug-likeness (QED) is 0.146. The summed E-state index contributed by atoms with van der Waals surface area (Å²) < 4.78 is 0. The number of carbonyl (C=O) groups is 2. The minimum Gasteiger partial charge on any atom is -0.358 e. The number of hydrogen-bond donors (Lipinski definition) is 7. The van der Waals surface area contributed by atoms with Crippen molar-refractivity contribution in [3.05, 3.63) is 0 Å². The topological polar surface area (TPSA) is 197 Å². The van der Waals surface area contributed by atoms with Crippen molar-refractivity contribution in [2.45, 2.75) is 11.5 Å². The van der Waals surface area contributed by atoms with Crippen LogP contribution >= 0.6 is 0 Å². The smallest absolute Gasteiger partial charge is 0.358 e. The Morgan fingerprint density at radius 1 is 0.938 bits per heavy atom. The second kappa shape index (κ2) is 4.64. The van der Waals surface area contributed by atoms with Gasteiger partial charge in [-0.15, -0.1) is 0 Å². The van der Waals surface area contributed by atoms with E-state index >= 15 is 0 Å². The third kappa shape index (κ3) is 1.94. The van der Waals surface area contributed by atoms with Gasteiger partial charge in [-0.2, -0.15) is 10.5 Å². The SMILES string of the molecule is O=C(OO)C(O)(O)C(O)(C(=O)OO)N(O)O. The van der Waals surface area contributed by atoms with E-state index in [4.69, 9.17) is 36.2 Å². The molecule has 0 aromatic carbocycles. The van der Waals surface area contributed by atoms with Gasteiger partial charge in [-0.25, -0.2) is 9.59 Å². The molecule has 0 heterocycles. The molecule has 0 spiro atoms. The van der Waals surface area contributed by atoms with Crippen LogP contribution in [-0.2, 0) is 19.4 Å². The zero-order chi connectivity index (χ0) is 13.1. The molecule has 1 unspecified atom stereocenters. The molecule has 0 rings (SSSR count). The zero-order valence-electron chi connectivity index (χ0n) is 7.21. The van der Waals surface area contributed by atoms with Gasteiger partial charge in [-0.1, -0.05) is 0 Å². The van der Waals surface area contributed by atoms with Gasteiger partial charge in [0.15, 0.2) is 0 Å². The van der Waals surface area contributed by atoms with E-state index in [-0.39, 0.29) is 0 Å². The van der Waals surface area contributed by atoms with E-state index in [2.05, 4.69) is 9.78 Å². The molecular formula is C4H7NO11. The molecule has 0 aliphatic heterocycles. The Morgan fingerprint density at radius 2 is 1.31 bits per heavy atom. The number of aliphatic hydroxyl groups is 3. The maximum absolute atomic E-state index is 10.6. The molecule has 0 bridgehead atoms. The van der Waals surface area contributed by atoms with Crippen LogP contribution in [0.2, 0.25) is 0 Å². The predicted octanol–water partition coefficient (Wildman–Crippen LogP) is -3.53. The van der Waals surface area contributed by atoms with Crippen LogP contribution in [-0.4, -0.2) is 64.9 Å². The lowest BCUT2D eigenvalue weighted by Gasteiger charge is -2.34. The second-order valence-electron chi connectivity index (χ2n) is 2.39. The van der Waals surface area contributed by atoms with Gasteiger partial charge < -0.3 is 15.3 Å². The van der Waals surface area contributed by atoms with Crippen molar-refractivity contribution in [2.75, 3.05) is 0 Å². The lowest BCUT2D eigenvalue weighted by Crippen LogP contribution is -2.71. The molecule has 0 aliphatic carbocycles. The summed E-state index contributed by atoms with van der Waals surface area (Å²) in [5, 5.41) is 57.6. The van der Waals surface area contributed by atoms with Crippen LogP contribution in [0.15, 0.2) is 0 Å². The summed E-state index contributed by atoms with van der Waals surface area (Å²) in [4.78, 5) is 26.7. The maximum Gasteiger partial charge on any atom is 0.406 e. The molecule has 0 saturated carbocycles. The third-order valence-electron chi connectivity index (χ3n) is 1.51. The molecule has 0 amide bonds. The first kappa shape index (κ1) is 14.6. The molecule has 0 radical (unpaired) electrons. The van der Waals surface area contributed by atoms with E-state index in [0.29, 0.717) is 0 Å². The van der Waals surface area contributed by atoms with Crippen molar-refractivity contribution in [1.82, 2.24) is 5.23 Å². The van der Waals surface area contributed by atoms with Gasteiger partial charge in [0, 0.05) is 0 Å². The van der Waals surface area contributed by atoms with Gasteiger partial charge in [0.05, 0.1) is 0 Å². The largest absolute Gasteiger partial charge is 0.406 e.